The van der Waals surface area contributed by atoms with E-state index >= 15 is 0 Å². The molecule has 1 aliphatic rings. The highest BCUT2D eigenvalue weighted by molar-refractivity contribution is 5.04. The largest absolute Gasteiger partial charge is 0.374 e. The first-order valence-electron chi connectivity index (χ1n) is 8.13. The predicted octanol–water partition coefficient (Wildman–Crippen LogP) is 5.39. The van der Waals surface area contributed by atoms with E-state index in [4.69, 9.17) is 0 Å². The lowest BCUT2D eigenvalue weighted by molar-refractivity contribution is 0.151. The van der Waals surface area contributed by atoms with Gasteiger partial charge >= 0.3 is 0 Å². The fraction of sp³-hybridized carbons (Fsp3) is 0.778. The zero-order valence-electron chi connectivity index (χ0n) is 13.3. The summed E-state index contributed by atoms with van der Waals surface area (Å²) in [6.45, 7) is 16.3. The van der Waals surface area contributed by atoms with Crippen molar-refractivity contribution in [3.63, 3.8) is 0 Å². The van der Waals surface area contributed by atoms with Gasteiger partial charge in [-0.1, -0.05) is 58.3 Å². The minimum Gasteiger partial charge on any atom is -0.374 e. The lowest BCUT2D eigenvalue weighted by Gasteiger charge is -2.41. The SMILES string of the molecule is C=CN(CC(C)CCCC)C1CCCCC1C(=C)C. The van der Waals surface area contributed by atoms with Gasteiger partial charge < -0.3 is 4.90 Å². The summed E-state index contributed by atoms with van der Waals surface area (Å²) in [6, 6.07) is 0.646. The lowest BCUT2D eigenvalue weighted by atomic mass is 9.79. The standard InChI is InChI=1S/C18H33N/c1-6-8-11-16(5)14-19(7-2)18-13-10-9-12-17(18)15(3)4/h7,16-18H,2-3,6,8-14H2,1,4-5H3. The molecule has 0 aliphatic heterocycles. The van der Waals surface area contributed by atoms with Gasteiger partial charge in [-0.3, -0.25) is 0 Å². The predicted molar refractivity (Wildman–Crippen MR) is 86.2 cm³/mol. The molecule has 0 radical (unpaired) electrons. The van der Waals surface area contributed by atoms with Gasteiger partial charge in [-0.05, 0) is 44.2 Å². The summed E-state index contributed by atoms with van der Waals surface area (Å²) < 4.78 is 0. The Hall–Kier alpha value is -0.720. The summed E-state index contributed by atoms with van der Waals surface area (Å²) in [6.07, 6.45) is 11.4. The summed E-state index contributed by atoms with van der Waals surface area (Å²) >= 11 is 0. The molecular formula is C18H33N. The Morgan fingerprint density at radius 2 is 2.05 bits per heavy atom. The molecule has 0 saturated heterocycles. The molecule has 3 atom stereocenters. The topological polar surface area (TPSA) is 3.24 Å². The molecule has 110 valence electrons. The van der Waals surface area contributed by atoms with Crippen molar-refractivity contribution in [3.05, 3.63) is 24.9 Å². The van der Waals surface area contributed by atoms with Gasteiger partial charge in [0, 0.05) is 12.6 Å². The normalized spacial score (nSPS) is 24.8. The smallest absolute Gasteiger partial charge is 0.0349 e. The van der Waals surface area contributed by atoms with E-state index in [1.54, 1.807) is 0 Å². The van der Waals surface area contributed by atoms with Gasteiger partial charge in [0.2, 0.25) is 0 Å². The maximum Gasteiger partial charge on any atom is 0.0349 e. The molecule has 0 spiro atoms. The molecule has 0 heterocycles. The van der Waals surface area contributed by atoms with Crippen LogP contribution in [0, 0.1) is 11.8 Å². The molecular weight excluding hydrogens is 230 g/mol. The van der Waals surface area contributed by atoms with Crippen LogP contribution in [0.5, 0.6) is 0 Å². The molecule has 0 N–H and O–H groups in total. The Morgan fingerprint density at radius 1 is 1.37 bits per heavy atom. The van der Waals surface area contributed by atoms with Crippen LogP contribution in [0.1, 0.15) is 65.7 Å². The summed E-state index contributed by atoms with van der Waals surface area (Å²) in [5.74, 6) is 1.44. The Kier molecular flexibility index (Phi) is 7.27. The van der Waals surface area contributed by atoms with Crippen LogP contribution in [0.4, 0.5) is 0 Å². The second-order valence-corrected chi connectivity index (χ2v) is 6.43. The van der Waals surface area contributed by atoms with E-state index in [9.17, 15) is 0 Å². The molecule has 1 saturated carbocycles. The fourth-order valence-corrected chi connectivity index (χ4v) is 3.43. The number of hydrogen-bond acceptors (Lipinski definition) is 1. The second-order valence-electron chi connectivity index (χ2n) is 6.43. The molecule has 0 aromatic carbocycles. The van der Waals surface area contributed by atoms with Gasteiger partial charge in [0.15, 0.2) is 0 Å². The van der Waals surface area contributed by atoms with Crippen LogP contribution in [-0.4, -0.2) is 17.5 Å². The van der Waals surface area contributed by atoms with Gasteiger partial charge in [0.05, 0.1) is 0 Å². The first kappa shape index (κ1) is 16.3. The highest BCUT2D eigenvalue weighted by Gasteiger charge is 2.29. The second kappa shape index (κ2) is 8.45. The zero-order valence-corrected chi connectivity index (χ0v) is 13.3. The van der Waals surface area contributed by atoms with Gasteiger partial charge in [-0.2, -0.15) is 0 Å². The molecule has 1 nitrogen and oxygen atoms in total. The third-order valence-electron chi connectivity index (χ3n) is 4.60. The molecule has 3 unspecified atom stereocenters. The maximum atomic E-state index is 4.21. The van der Waals surface area contributed by atoms with E-state index in [1.807, 2.05) is 0 Å². The summed E-state index contributed by atoms with van der Waals surface area (Å²) in [5.41, 5.74) is 1.36. The van der Waals surface area contributed by atoms with E-state index in [0.717, 1.165) is 12.5 Å². The number of nitrogens with zero attached hydrogens (tertiary/aromatic N) is 1. The van der Waals surface area contributed by atoms with Crippen molar-refractivity contribution in [2.24, 2.45) is 11.8 Å². The van der Waals surface area contributed by atoms with Crippen LogP contribution in [-0.2, 0) is 0 Å². The summed E-state index contributed by atoms with van der Waals surface area (Å²) in [5, 5.41) is 0. The van der Waals surface area contributed by atoms with Crippen molar-refractivity contribution in [1.82, 2.24) is 4.90 Å². The molecule has 0 amide bonds. The Balaban J connectivity index is 2.60. The molecule has 1 fully saturated rings. The van der Waals surface area contributed by atoms with Gasteiger partial charge in [-0.15, -0.1) is 0 Å². The van der Waals surface area contributed by atoms with Gasteiger partial charge in [-0.25, -0.2) is 0 Å². The average molecular weight is 263 g/mol. The van der Waals surface area contributed by atoms with Gasteiger partial charge in [0.1, 0.15) is 0 Å². The van der Waals surface area contributed by atoms with E-state index in [-0.39, 0.29) is 0 Å². The molecule has 1 aliphatic carbocycles. The van der Waals surface area contributed by atoms with Gasteiger partial charge in [0.25, 0.3) is 0 Å². The quantitative estimate of drug-likeness (QED) is 0.530. The molecule has 1 rings (SSSR count). The first-order valence-corrected chi connectivity index (χ1v) is 8.13. The molecule has 1 heteroatoms. The van der Waals surface area contributed by atoms with Crippen LogP contribution in [0.25, 0.3) is 0 Å². The zero-order chi connectivity index (χ0) is 14.3. The minimum absolute atomic E-state index is 0.646. The van der Waals surface area contributed by atoms with Crippen LogP contribution in [0.15, 0.2) is 24.9 Å². The number of hydrogen-bond donors (Lipinski definition) is 0. The third-order valence-corrected chi connectivity index (χ3v) is 4.60. The van der Waals surface area contributed by atoms with E-state index in [2.05, 4.69) is 45.0 Å². The van der Waals surface area contributed by atoms with E-state index < -0.39 is 0 Å². The Labute approximate surface area is 120 Å². The average Bonchev–Trinajstić information content (AvgIpc) is 2.42. The van der Waals surface area contributed by atoms with E-state index in [0.29, 0.717) is 12.0 Å². The van der Waals surface area contributed by atoms with Crippen LogP contribution in [0.3, 0.4) is 0 Å². The number of rotatable bonds is 8. The molecule has 0 aromatic heterocycles. The Bertz CT molecular complexity index is 281. The monoisotopic (exact) mass is 263 g/mol. The molecule has 0 aromatic rings. The fourth-order valence-electron chi connectivity index (χ4n) is 3.43. The lowest BCUT2D eigenvalue weighted by Crippen LogP contribution is -2.41. The highest BCUT2D eigenvalue weighted by Crippen LogP contribution is 2.33. The highest BCUT2D eigenvalue weighted by atomic mass is 15.1. The van der Waals surface area contributed by atoms with Crippen LogP contribution in [0.2, 0.25) is 0 Å². The van der Waals surface area contributed by atoms with Crippen molar-refractivity contribution in [2.45, 2.75) is 71.8 Å². The maximum absolute atomic E-state index is 4.21. The molecule has 0 bridgehead atoms. The summed E-state index contributed by atoms with van der Waals surface area (Å²) in [7, 11) is 0. The summed E-state index contributed by atoms with van der Waals surface area (Å²) in [4.78, 5) is 2.51. The van der Waals surface area contributed by atoms with Crippen molar-refractivity contribution in [1.29, 1.82) is 0 Å². The number of unbranched alkanes of at least 4 members (excludes halogenated alkanes) is 1. The van der Waals surface area contributed by atoms with Crippen molar-refractivity contribution in [3.8, 4) is 0 Å². The third kappa shape index (κ3) is 5.04. The van der Waals surface area contributed by atoms with Crippen molar-refractivity contribution >= 4 is 0 Å². The van der Waals surface area contributed by atoms with Crippen LogP contribution >= 0.6 is 0 Å². The van der Waals surface area contributed by atoms with E-state index in [1.165, 1.54) is 50.5 Å². The first-order chi connectivity index (χ1) is 9.10. The molecule has 19 heavy (non-hydrogen) atoms. The van der Waals surface area contributed by atoms with Crippen molar-refractivity contribution in [2.75, 3.05) is 6.54 Å². The minimum atomic E-state index is 0.646. The van der Waals surface area contributed by atoms with Crippen LogP contribution < -0.4 is 0 Å². The van der Waals surface area contributed by atoms with Crippen molar-refractivity contribution < 1.29 is 0 Å². The Morgan fingerprint density at radius 3 is 2.63 bits per heavy atom.